The summed E-state index contributed by atoms with van der Waals surface area (Å²) in [6.45, 7) is 20.1. The molecule has 6 aliphatic carbocycles. The van der Waals surface area contributed by atoms with Crippen molar-refractivity contribution >= 4 is 8.07 Å². The monoisotopic (exact) mass is 789 g/mol. The first-order chi connectivity index (χ1) is 27.3. The zero-order valence-corrected chi connectivity index (χ0v) is 39.6. The van der Waals surface area contributed by atoms with Gasteiger partial charge in [0.2, 0.25) is 0 Å². The summed E-state index contributed by atoms with van der Waals surface area (Å²) in [5, 5.41) is 0. The summed E-state index contributed by atoms with van der Waals surface area (Å²) in [7, 11) is -1.72. The Labute approximate surface area is 354 Å². The zero-order chi connectivity index (χ0) is 40.0. The lowest BCUT2D eigenvalue weighted by atomic mass is 9.70. The number of hydrogen-bond acceptors (Lipinski definition) is 0. The topological polar surface area (TPSA) is 0 Å². The number of hydrogen-bond donors (Lipinski definition) is 0. The molecule has 8 rings (SSSR count). The van der Waals surface area contributed by atoms with Crippen molar-refractivity contribution in [2.45, 2.75) is 230 Å². The van der Waals surface area contributed by atoms with Crippen LogP contribution < -0.4 is 0 Å². The summed E-state index contributed by atoms with van der Waals surface area (Å²) >= 11 is 0. The van der Waals surface area contributed by atoms with Crippen LogP contribution in [0.2, 0.25) is 23.7 Å². The van der Waals surface area contributed by atoms with Gasteiger partial charge in [-0.3, -0.25) is 0 Å². The maximum Gasteiger partial charge on any atom is 0.0578 e. The number of fused-ring (bicyclic) bond motifs is 2. The van der Waals surface area contributed by atoms with Crippen molar-refractivity contribution < 1.29 is 0 Å². The minimum atomic E-state index is -1.72. The molecule has 0 amide bonds. The Morgan fingerprint density at radius 1 is 0.474 bits per heavy atom. The molecule has 0 heterocycles. The standard InChI is InChI=1S/C56H88Si/c1-9-34-57(8,53-43(35-39-18-12-10-13-19-39)37-51-47(22-16-24-49(51)53)41-26-30-45(31-27-41)55(2,3)4)54-44(36-40-20-14-11-15-21-40)38-52-48(23-17-25-50(52)54)42-28-32-46(33-29-42)56(5,6)7/h26-33,39-40,43-44,47-54H,9-25,34-38H2,1-8H3. The maximum absolute atomic E-state index is 3.14. The predicted octanol–water partition coefficient (Wildman–Crippen LogP) is 17.2. The van der Waals surface area contributed by atoms with Gasteiger partial charge in [-0.2, -0.15) is 0 Å². The van der Waals surface area contributed by atoms with E-state index in [9.17, 15) is 0 Å². The second kappa shape index (κ2) is 17.6. The lowest BCUT2D eigenvalue weighted by Crippen LogP contribution is -2.50. The normalized spacial score (nSPS) is 35.4. The molecule has 0 bridgehead atoms. The van der Waals surface area contributed by atoms with Crippen LogP contribution in [0.5, 0.6) is 0 Å². The first-order valence-electron chi connectivity index (χ1n) is 25.6. The van der Waals surface area contributed by atoms with Crippen LogP contribution in [0.25, 0.3) is 0 Å². The summed E-state index contributed by atoms with van der Waals surface area (Å²) < 4.78 is 0. The third-order valence-corrected chi connectivity index (χ3v) is 25.2. The molecule has 0 radical (unpaired) electrons. The second-order valence-electron chi connectivity index (χ2n) is 24.3. The molecule has 0 nitrogen and oxygen atoms in total. The van der Waals surface area contributed by atoms with E-state index in [0.717, 1.165) is 70.3 Å². The molecular formula is C56H88Si. The molecule has 10 atom stereocenters. The van der Waals surface area contributed by atoms with Gasteiger partial charge in [-0.15, -0.1) is 0 Å². The van der Waals surface area contributed by atoms with Gasteiger partial charge in [-0.25, -0.2) is 0 Å². The van der Waals surface area contributed by atoms with Crippen LogP contribution in [0.15, 0.2) is 48.5 Å². The average Bonchev–Trinajstić information content (AvgIpc) is 3.77. The molecule has 0 aliphatic heterocycles. The summed E-state index contributed by atoms with van der Waals surface area (Å²) in [5.41, 5.74) is 9.01. The average molecular weight is 789 g/mol. The molecule has 0 aromatic heterocycles. The van der Waals surface area contributed by atoms with Crippen LogP contribution in [0.1, 0.15) is 217 Å². The van der Waals surface area contributed by atoms with E-state index in [1.165, 1.54) is 107 Å². The largest absolute Gasteiger partial charge is 0.0687 e. The first kappa shape index (κ1) is 42.4. The van der Waals surface area contributed by atoms with E-state index in [1.54, 1.807) is 55.7 Å². The van der Waals surface area contributed by atoms with Gasteiger partial charge in [0.25, 0.3) is 0 Å². The second-order valence-corrected chi connectivity index (χ2v) is 29.1. The van der Waals surface area contributed by atoms with Crippen molar-refractivity contribution in [1.29, 1.82) is 0 Å². The summed E-state index contributed by atoms with van der Waals surface area (Å²) in [6, 6.07) is 22.1. The van der Waals surface area contributed by atoms with Gasteiger partial charge < -0.3 is 0 Å². The van der Waals surface area contributed by atoms with Crippen molar-refractivity contribution in [3.05, 3.63) is 70.8 Å². The van der Waals surface area contributed by atoms with Crippen molar-refractivity contribution in [3.63, 3.8) is 0 Å². The van der Waals surface area contributed by atoms with Crippen molar-refractivity contribution in [3.8, 4) is 0 Å². The highest BCUT2D eigenvalue weighted by atomic mass is 28.3. The van der Waals surface area contributed by atoms with Crippen LogP contribution in [-0.4, -0.2) is 8.07 Å². The zero-order valence-electron chi connectivity index (χ0n) is 38.6. The third kappa shape index (κ3) is 8.88. The van der Waals surface area contributed by atoms with E-state index < -0.39 is 8.07 Å². The summed E-state index contributed by atoms with van der Waals surface area (Å²) in [6.07, 6.45) is 31.9. The van der Waals surface area contributed by atoms with Crippen molar-refractivity contribution in [2.24, 2.45) is 47.3 Å². The Morgan fingerprint density at radius 3 is 1.21 bits per heavy atom. The summed E-state index contributed by atoms with van der Waals surface area (Å²) in [5.74, 6) is 9.44. The minimum Gasteiger partial charge on any atom is -0.0687 e. The van der Waals surface area contributed by atoms with Crippen LogP contribution in [0.4, 0.5) is 0 Å². The molecule has 1 heteroatoms. The van der Waals surface area contributed by atoms with Crippen molar-refractivity contribution in [1.82, 2.24) is 0 Å². The van der Waals surface area contributed by atoms with Gasteiger partial charge in [0.1, 0.15) is 0 Å². The van der Waals surface area contributed by atoms with E-state index in [-0.39, 0.29) is 10.8 Å². The molecule has 0 N–H and O–H groups in total. The highest BCUT2D eigenvalue weighted by molar-refractivity contribution is 6.81. The lowest BCUT2D eigenvalue weighted by Gasteiger charge is -2.52. The van der Waals surface area contributed by atoms with Crippen LogP contribution >= 0.6 is 0 Å². The van der Waals surface area contributed by atoms with E-state index >= 15 is 0 Å². The highest BCUT2D eigenvalue weighted by Crippen LogP contribution is 2.70. The van der Waals surface area contributed by atoms with Crippen molar-refractivity contribution in [2.75, 3.05) is 0 Å². The van der Waals surface area contributed by atoms with Gasteiger partial charge in [0, 0.05) is 0 Å². The first-order valence-corrected chi connectivity index (χ1v) is 28.4. The number of benzene rings is 2. The molecule has 6 saturated carbocycles. The highest BCUT2D eigenvalue weighted by Gasteiger charge is 2.62. The van der Waals surface area contributed by atoms with Crippen LogP contribution in [0, 0.1) is 47.3 Å². The van der Waals surface area contributed by atoms with Crippen LogP contribution in [-0.2, 0) is 10.8 Å². The molecule has 10 unspecified atom stereocenters. The molecule has 0 saturated heterocycles. The Kier molecular flexibility index (Phi) is 13.0. The smallest absolute Gasteiger partial charge is 0.0578 e. The fourth-order valence-electron chi connectivity index (χ4n) is 16.5. The Bertz CT molecular complexity index is 1440. The molecule has 6 fully saturated rings. The van der Waals surface area contributed by atoms with Gasteiger partial charge in [0.05, 0.1) is 8.07 Å². The number of rotatable bonds is 10. The van der Waals surface area contributed by atoms with E-state index in [4.69, 9.17) is 0 Å². The molecular weight excluding hydrogens is 701 g/mol. The lowest BCUT2D eigenvalue weighted by molar-refractivity contribution is 0.225. The SMILES string of the molecule is CCC[Si](C)(C1C(CC2CCCCC2)CC2C(c3ccc(C(C)(C)C)cc3)CCCC21)C1C(CC2CCCCC2)CC2C(c3ccc(C(C)(C)C)cc3)CCCC21. The molecule has 2 aromatic rings. The molecule has 0 spiro atoms. The fourth-order valence-corrected chi connectivity index (χ4v) is 24.2. The van der Waals surface area contributed by atoms with E-state index in [1.807, 2.05) is 0 Å². The fraction of sp³-hybridized carbons (Fsp3) is 0.786. The van der Waals surface area contributed by atoms with E-state index in [2.05, 4.69) is 104 Å². The van der Waals surface area contributed by atoms with Gasteiger partial charge in [-0.05, 0) is 142 Å². The third-order valence-electron chi connectivity index (χ3n) is 18.8. The van der Waals surface area contributed by atoms with Gasteiger partial charge >= 0.3 is 0 Å². The van der Waals surface area contributed by atoms with Gasteiger partial charge in [0.15, 0.2) is 0 Å². The summed E-state index contributed by atoms with van der Waals surface area (Å²) in [4.78, 5) is 0. The Balaban J connectivity index is 1.17. The molecule has 2 aromatic carbocycles. The quantitative estimate of drug-likeness (QED) is 0.210. The maximum atomic E-state index is 3.14. The Hall–Kier alpha value is -1.34. The van der Waals surface area contributed by atoms with E-state index in [0.29, 0.717) is 0 Å². The predicted molar refractivity (Wildman–Crippen MR) is 250 cm³/mol. The Morgan fingerprint density at radius 2 is 0.860 bits per heavy atom. The van der Waals surface area contributed by atoms with Crippen LogP contribution in [0.3, 0.4) is 0 Å². The molecule has 57 heavy (non-hydrogen) atoms. The molecule has 316 valence electrons. The molecule has 6 aliphatic rings. The van der Waals surface area contributed by atoms with Gasteiger partial charge in [-0.1, -0.05) is 206 Å². The minimum absolute atomic E-state index is 0.228.